The molecule has 2 aromatic heterocycles. The average Bonchev–Trinajstić information content (AvgIpc) is 3.30. The molecule has 0 spiro atoms. The van der Waals surface area contributed by atoms with Gasteiger partial charge in [-0.3, -0.25) is 0 Å². The maximum atomic E-state index is 4.96. The first-order chi connectivity index (χ1) is 11.9. The zero-order chi connectivity index (χ0) is 15.9. The fourth-order valence-electron chi connectivity index (χ4n) is 2.91. The van der Waals surface area contributed by atoms with Gasteiger partial charge in [0.05, 0.1) is 27.3 Å². The molecule has 0 bridgehead atoms. The van der Waals surface area contributed by atoms with Crippen molar-refractivity contribution >= 4 is 45.5 Å². The van der Waals surface area contributed by atoms with E-state index in [2.05, 4.69) is 46.8 Å². The standard InChI is InChI=1S/C19H13N3S2/c1-2-7-13-12(6-1)21-19(22-13)18-17(16-10-5-11-23-16)20-14-8-3-4-9-15(14)24-18/h1-11,18H,(H,21,22). The van der Waals surface area contributed by atoms with Crippen molar-refractivity contribution in [2.75, 3.05) is 0 Å². The maximum Gasteiger partial charge on any atom is 0.126 e. The van der Waals surface area contributed by atoms with Gasteiger partial charge in [-0.1, -0.05) is 30.3 Å². The van der Waals surface area contributed by atoms with Crippen LogP contribution < -0.4 is 0 Å². The number of nitrogens with zero attached hydrogens (tertiary/aromatic N) is 2. The maximum absolute atomic E-state index is 4.96. The van der Waals surface area contributed by atoms with Crippen LogP contribution in [0.5, 0.6) is 0 Å². The summed E-state index contributed by atoms with van der Waals surface area (Å²) >= 11 is 3.54. The summed E-state index contributed by atoms with van der Waals surface area (Å²) in [5.41, 5.74) is 4.18. The minimum atomic E-state index is 0.0750. The number of hydrogen-bond donors (Lipinski definition) is 1. The lowest BCUT2D eigenvalue weighted by Crippen LogP contribution is -2.14. The quantitative estimate of drug-likeness (QED) is 0.513. The van der Waals surface area contributed by atoms with E-state index in [9.17, 15) is 0 Å². The third-order valence-electron chi connectivity index (χ3n) is 4.03. The number of thioether (sulfide) groups is 1. The fraction of sp³-hybridized carbons (Fsp3) is 0.0526. The number of H-pyrrole nitrogens is 1. The molecule has 3 nitrogen and oxygen atoms in total. The van der Waals surface area contributed by atoms with Gasteiger partial charge in [-0.2, -0.15) is 0 Å². The highest BCUT2D eigenvalue weighted by molar-refractivity contribution is 8.00. The van der Waals surface area contributed by atoms with E-state index in [4.69, 9.17) is 9.98 Å². The average molecular weight is 347 g/mol. The zero-order valence-corrected chi connectivity index (χ0v) is 14.3. The second-order valence-electron chi connectivity index (χ2n) is 5.58. The number of fused-ring (bicyclic) bond motifs is 2. The number of aliphatic imine (C=N–C) groups is 1. The predicted molar refractivity (Wildman–Crippen MR) is 102 cm³/mol. The Bertz CT molecular complexity index is 1010. The van der Waals surface area contributed by atoms with Crippen LogP contribution in [0.2, 0.25) is 0 Å². The van der Waals surface area contributed by atoms with Crippen LogP contribution in [0.1, 0.15) is 16.0 Å². The van der Waals surface area contributed by atoms with Gasteiger partial charge >= 0.3 is 0 Å². The van der Waals surface area contributed by atoms with Crippen molar-refractivity contribution < 1.29 is 0 Å². The zero-order valence-electron chi connectivity index (χ0n) is 12.6. The minimum absolute atomic E-state index is 0.0750. The lowest BCUT2D eigenvalue weighted by atomic mass is 10.2. The number of benzene rings is 2. The largest absolute Gasteiger partial charge is 0.341 e. The summed E-state index contributed by atoms with van der Waals surface area (Å²) < 4.78 is 0. The van der Waals surface area contributed by atoms with Gasteiger partial charge < -0.3 is 4.98 Å². The Morgan fingerprint density at radius 2 is 1.79 bits per heavy atom. The molecule has 5 rings (SSSR count). The van der Waals surface area contributed by atoms with Crippen LogP contribution in [0.15, 0.2) is 75.9 Å². The van der Waals surface area contributed by atoms with Gasteiger partial charge in [0.1, 0.15) is 11.1 Å². The van der Waals surface area contributed by atoms with Gasteiger partial charge in [0.2, 0.25) is 0 Å². The number of imidazole rings is 1. The molecule has 0 saturated carbocycles. The molecule has 4 aromatic rings. The third-order valence-corrected chi connectivity index (χ3v) is 6.20. The molecular formula is C19H13N3S2. The first kappa shape index (κ1) is 14.0. The summed E-state index contributed by atoms with van der Waals surface area (Å²) in [5.74, 6) is 0.961. The normalized spacial score (nSPS) is 16.8. The van der Waals surface area contributed by atoms with Crippen LogP contribution in [-0.4, -0.2) is 15.7 Å². The predicted octanol–water partition coefficient (Wildman–Crippen LogP) is 5.59. The van der Waals surface area contributed by atoms with E-state index >= 15 is 0 Å². The molecule has 116 valence electrons. The summed E-state index contributed by atoms with van der Waals surface area (Å²) in [6.45, 7) is 0. The van der Waals surface area contributed by atoms with Crippen LogP contribution in [0.25, 0.3) is 11.0 Å². The van der Waals surface area contributed by atoms with Crippen LogP contribution in [0.3, 0.4) is 0 Å². The van der Waals surface area contributed by atoms with E-state index in [0.717, 1.165) is 28.3 Å². The first-order valence-electron chi connectivity index (χ1n) is 7.71. The SMILES string of the molecule is c1csc(C2=Nc3ccccc3SC2c2nc3ccccc3[nH]2)c1. The van der Waals surface area contributed by atoms with Gasteiger partial charge in [-0.15, -0.1) is 23.1 Å². The molecule has 0 aliphatic carbocycles. The highest BCUT2D eigenvalue weighted by Gasteiger charge is 2.29. The van der Waals surface area contributed by atoms with E-state index < -0.39 is 0 Å². The molecule has 1 N–H and O–H groups in total. The molecule has 0 saturated heterocycles. The van der Waals surface area contributed by atoms with Crippen LogP contribution in [0.4, 0.5) is 5.69 Å². The van der Waals surface area contributed by atoms with Crippen LogP contribution in [0, 0.1) is 0 Å². The monoisotopic (exact) mass is 347 g/mol. The van der Waals surface area contributed by atoms with Gasteiger partial charge in [0.15, 0.2) is 0 Å². The highest BCUT2D eigenvalue weighted by atomic mass is 32.2. The lowest BCUT2D eigenvalue weighted by molar-refractivity contribution is 1.07. The number of hydrogen-bond acceptors (Lipinski definition) is 4. The molecule has 2 aromatic carbocycles. The molecule has 0 fully saturated rings. The molecule has 0 amide bonds. The van der Waals surface area contributed by atoms with Crippen molar-refractivity contribution in [2.45, 2.75) is 10.1 Å². The number of aromatic nitrogens is 2. The van der Waals surface area contributed by atoms with E-state index in [-0.39, 0.29) is 5.25 Å². The fourth-order valence-corrected chi connectivity index (χ4v) is 4.89. The number of aromatic amines is 1. The van der Waals surface area contributed by atoms with Crippen molar-refractivity contribution in [2.24, 2.45) is 4.99 Å². The van der Waals surface area contributed by atoms with Gasteiger partial charge in [-0.25, -0.2) is 9.98 Å². The third kappa shape index (κ3) is 2.28. The van der Waals surface area contributed by atoms with Gasteiger partial charge in [-0.05, 0) is 35.7 Å². The Morgan fingerprint density at radius 1 is 0.917 bits per heavy atom. The summed E-state index contributed by atoms with van der Waals surface area (Å²) in [6, 6.07) is 20.7. The van der Waals surface area contributed by atoms with Crippen molar-refractivity contribution in [3.63, 3.8) is 0 Å². The highest BCUT2D eigenvalue weighted by Crippen LogP contribution is 2.46. The topological polar surface area (TPSA) is 41.0 Å². The molecule has 0 radical (unpaired) electrons. The summed E-state index contributed by atoms with van der Waals surface area (Å²) in [5, 5.41) is 2.17. The molecule has 5 heteroatoms. The van der Waals surface area contributed by atoms with Crippen molar-refractivity contribution in [1.29, 1.82) is 0 Å². The Hall–Kier alpha value is -2.37. The van der Waals surface area contributed by atoms with Crippen LogP contribution in [-0.2, 0) is 0 Å². The second-order valence-corrected chi connectivity index (χ2v) is 7.67. The smallest absolute Gasteiger partial charge is 0.126 e. The van der Waals surface area contributed by atoms with E-state index in [1.54, 1.807) is 11.3 Å². The summed E-state index contributed by atoms with van der Waals surface area (Å²) in [7, 11) is 0. The van der Waals surface area contributed by atoms with Crippen LogP contribution >= 0.6 is 23.1 Å². The van der Waals surface area contributed by atoms with E-state index in [1.807, 2.05) is 36.0 Å². The summed E-state index contributed by atoms with van der Waals surface area (Å²) in [4.78, 5) is 15.7. The Labute approximate surface area is 147 Å². The Kier molecular flexibility index (Phi) is 3.28. The molecule has 1 aliphatic heterocycles. The minimum Gasteiger partial charge on any atom is -0.341 e. The first-order valence-corrected chi connectivity index (χ1v) is 9.47. The molecule has 1 atom stereocenters. The number of rotatable bonds is 2. The van der Waals surface area contributed by atoms with Crippen molar-refractivity contribution in [1.82, 2.24) is 9.97 Å². The number of thiophene rings is 1. The molecular weight excluding hydrogens is 334 g/mol. The molecule has 3 heterocycles. The van der Waals surface area contributed by atoms with Crippen molar-refractivity contribution in [3.8, 4) is 0 Å². The number of para-hydroxylation sites is 3. The molecule has 1 aliphatic rings. The Morgan fingerprint density at radius 3 is 2.67 bits per heavy atom. The van der Waals surface area contributed by atoms with E-state index in [1.165, 1.54) is 9.77 Å². The Balaban J connectivity index is 1.68. The van der Waals surface area contributed by atoms with Gasteiger partial charge in [0, 0.05) is 4.90 Å². The van der Waals surface area contributed by atoms with E-state index in [0.29, 0.717) is 0 Å². The number of nitrogens with one attached hydrogen (secondary N) is 1. The summed E-state index contributed by atoms with van der Waals surface area (Å²) in [6.07, 6.45) is 0. The second kappa shape index (κ2) is 5.61. The molecule has 24 heavy (non-hydrogen) atoms. The lowest BCUT2D eigenvalue weighted by Gasteiger charge is -2.22. The molecule has 1 unspecified atom stereocenters. The van der Waals surface area contributed by atoms with Crippen molar-refractivity contribution in [3.05, 3.63) is 76.7 Å². The van der Waals surface area contributed by atoms with Gasteiger partial charge in [0.25, 0.3) is 0 Å².